The molecular weight excluding hydrogens is 697 g/mol. The predicted molar refractivity (Wildman–Crippen MR) is 228 cm³/mol. The summed E-state index contributed by atoms with van der Waals surface area (Å²) < 4.78 is 33.0. The van der Waals surface area contributed by atoms with Gasteiger partial charge in [0, 0.05) is 13.0 Å². The molecule has 0 amide bonds. The highest BCUT2D eigenvalue weighted by Crippen LogP contribution is 2.43. The van der Waals surface area contributed by atoms with Gasteiger partial charge in [-0.25, -0.2) is 4.57 Å². The van der Waals surface area contributed by atoms with Crippen LogP contribution in [0.4, 0.5) is 0 Å². The zero-order valence-electron chi connectivity index (χ0n) is 33.9. The normalized spacial score (nSPS) is 14.4. The van der Waals surface area contributed by atoms with Crippen molar-refractivity contribution in [2.24, 2.45) is 5.73 Å². The molecule has 308 valence electrons. The molecule has 0 aliphatic heterocycles. The number of carbonyl (C=O) groups is 1. The fourth-order valence-electron chi connectivity index (χ4n) is 5.04. The van der Waals surface area contributed by atoms with E-state index in [1.54, 1.807) is 6.26 Å². The molecule has 0 fully saturated rings. The summed E-state index contributed by atoms with van der Waals surface area (Å²) >= 11 is 0. The molecule has 2 unspecified atom stereocenters. The van der Waals surface area contributed by atoms with Gasteiger partial charge < -0.3 is 20.1 Å². The van der Waals surface area contributed by atoms with Gasteiger partial charge >= 0.3 is 13.8 Å². The maximum Gasteiger partial charge on any atom is 0.472 e. The number of nitrogens with two attached hydrogens (primary N) is 1. The first-order valence-corrected chi connectivity index (χ1v) is 22.3. The molecular formula is C45H76NO7P. The van der Waals surface area contributed by atoms with Crippen LogP contribution in [0.2, 0.25) is 0 Å². The van der Waals surface area contributed by atoms with Gasteiger partial charge in [0.05, 0.1) is 19.5 Å². The number of ether oxygens (including phenoxy) is 2. The van der Waals surface area contributed by atoms with Crippen LogP contribution in [0.15, 0.2) is 97.4 Å². The van der Waals surface area contributed by atoms with Crippen molar-refractivity contribution in [2.75, 3.05) is 26.4 Å². The quantitative estimate of drug-likeness (QED) is 0.0209. The molecule has 3 N–H and O–H groups in total. The molecule has 0 spiro atoms. The van der Waals surface area contributed by atoms with Crippen molar-refractivity contribution in [1.82, 2.24) is 0 Å². The lowest BCUT2D eigenvalue weighted by Crippen LogP contribution is -2.27. The van der Waals surface area contributed by atoms with Gasteiger partial charge in [0.15, 0.2) is 6.10 Å². The Morgan fingerprint density at radius 3 is 1.57 bits per heavy atom. The number of hydrogen-bond donors (Lipinski definition) is 2. The third kappa shape index (κ3) is 40.4. The van der Waals surface area contributed by atoms with E-state index in [2.05, 4.69) is 86.8 Å². The van der Waals surface area contributed by atoms with Gasteiger partial charge in [-0.15, -0.1) is 0 Å². The average Bonchev–Trinajstić information content (AvgIpc) is 3.16. The number of hydrogen-bond acceptors (Lipinski definition) is 7. The lowest BCUT2D eigenvalue weighted by molar-refractivity contribution is -0.153. The topological polar surface area (TPSA) is 117 Å². The van der Waals surface area contributed by atoms with Crippen LogP contribution in [0, 0.1) is 0 Å². The molecule has 0 aromatic carbocycles. The number of phosphoric acid groups is 1. The summed E-state index contributed by atoms with van der Waals surface area (Å²) in [5, 5.41) is 0. The lowest BCUT2D eigenvalue weighted by Gasteiger charge is -2.19. The minimum Gasteiger partial charge on any atom is -0.498 e. The fourth-order valence-corrected chi connectivity index (χ4v) is 5.80. The number of unbranched alkanes of at least 4 members (excludes halogenated alkanes) is 11. The lowest BCUT2D eigenvalue weighted by atomic mass is 10.1. The molecule has 0 aromatic heterocycles. The zero-order chi connectivity index (χ0) is 39.5. The summed E-state index contributed by atoms with van der Waals surface area (Å²) in [4.78, 5) is 22.4. The molecule has 0 heterocycles. The van der Waals surface area contributed by atoms with Gasteiger partial charge in [0.25, 0.3) is 0 Å². The maximum atomic E-state index is 12.5. The highest BCUT2D eigenvalue weighted by Gasteiger charge is 2.25. The van der Waals surface area contributed by atoms with E-state index in [1.807, 2.05) is 18.2 Å². The molecule has 0 aliphatic rings. The van der Waals surface area contributed by atoms with E-state index in [-0.39, 0.29) is 32.8 Å². The first kappa shape index (κ1) is 51.3. The Hall–Kier alpha value is -2.74. The van der Waals surface area contributed by atoms with Gasteiger partial charge in [-0.3, -0.25) is 13.8 Å². The van der Waals surface area contributed by atoms with E-state index in [1.165, 1.54) is 57.8 Å². The Labute approximate surface area is 330 Å². The number of rotatable bonds is 38. The Morgan fingerprint density at radius 2 is 1.06 bits per heavy atom. The Kier molecular flexibility index (Phi) is 39.3. The molecule has 0 aromatic rings. The van der Waals surface area contributed by atoms with Crippen LogP contribution in [0.5, 0.6) is 0 Å². The van der Waals surface area contributed by atoms with Crippen LogP contribution in [-0.4, -0.2) is 43.3 Å². The third-order valence-corrected chi connectivity index (χ3v) is 9.05. The van der Waals surface area contributed by atoms with E-state index < -0.39 is 19.9 Å². The molecule has 9 heteroatoms. The smallest absolute Gasteiger partial charge is 0.472 e. The SMILES string of the molecule is CCC=CCC=CCC=CCC=CCC=CCC=CCCC(=O)OC(COC=CCCCCCCC=CCCCCCCCC)COP(=O)(O)OCCN. The van der Waals surface area contributed by atoms with Gasteiger partial charge in [0.2, 0.25) is 0 Å². The first-order chi connectivity index (χ1) is 26.4. The van der Waals surface area contributed by atoms with Crippen molar-refractivity contribution < 1.29 is 32.8 Å². The average molecular weight is 774 g/mol. The van der Waals surface area contributed by atoms with E-state index in [0.717, 1.165) is 64.2 Å². The summed E-state index contributed by atoms with van der Waals surface area (Å²) in [6.45, 7) is 4.00. The summed E-state index contributed by atoms with van der Waals surface area (Å²) in [6.07, 6.45) is 55.3. The second-order valence-electron chi connectivity index (χ2n) is 13.2. The number of carbonyl (C=O) groups excluding carboxylic acids is 1. The fraction of sp³-hybridized carbons (Fsp3) is 0.622. The minimum absolute atomic E-state index is 0.00981. The maximum absolute atomic E-state index is 12.5. The number of phosphoric ester groups is 1. The van der Waals surface area contributed by atoms with Crippen LogP contribution < -0.4 is 5.73 Å². The second kappa shape index (κ2) is 41.4. The molecule has 0 aliphatic carbocycles. The monoisotopic (exact) mass is 774 g/mol. The number of allylic oxidation sites excluding steroid dienone is 15. The van der Waals surface area contributed by atoms with Crippen molar-refractivity contribution in [3.63, 3.8) is 0 Å². The van der Waals surface area contributed by atoms with Crippen molar-refractivity contribution >= 4 is 13.8 Å². The summed E-state index contributed by atoms with van der Waals surface area (Å²) in [7, 11) is -4.32. The molecule has 0 bridgehead atoms. The Bertz CT molecular complexity index is 1140. The Balaban J connectivity index is 4.29. The van der Waals surface area contributed by atoms with Crippen LogP contribution in [0.1, 0.15) is 149 Å². The van der Waals surface area contributed by atoms with Crippen LogP contribution in [-0.2, 0) is 27.9 Å². The van der Waals surface area contributed by atoms with Crippen molar-refractivity contribution in [2.45, 2.75) is 155 Å². The van der Waals surface area contributed by atoms with E-state index in [4.69, 9.17) is 24.3 Å². The van der Waals surface area contributed by atoms with Crippen LogP contribution in [0.25, 0.3) is 0 Å². The Morgan fingerprint density at radius 1 is 0.593 bits per heavy atom. The van der Waals surface area contributed by atoms with Gasteiger partial charge in [-0.05, 0) is 89.5 Å². The zero-order valence-corrected chi connectivity index (χ0v) is 34.8. The summed E-state index contributed by atoms with van der Waals surface area (Å²) in [5.41, 5.74) is 5.35. The van der Waals surface area contributed by atoms with Crippen molar-refractivity contribution in [1.29, 1.82) is 0 Å². The van der Waals surface area contributed by atoms with E-state index >= 15 is 0 Å². The van der Waals surface area contributed by atoms with E-state index in [9.17, 15) is 14.3 Å². The largest absolute Gasteiger partial charge is 0.498 e. The van der Waals surface area contributed by atoms with Gasteiger partial charge in [-0.2, -0.15) is 0 Å². The summed E-state index contributed by atoms with van der Waals surface area (Å²) in [6, 6.07) is 0. The standard InChI is InChI=1S/C45H76NO7P/c1-3-5-7-9-11-13-15-17-19-21-22-23-24-26-28-30-32-34-36-38-45(47)53-44(43-52-54(48,49)51-41-39-46)42-50-40-37-35-33-31-29-27-25-20-18-16-14-12-10-8-6-4-2/h5,7,11,13,17-20,22-23,26,28,32,34,37,40,44H,3-4,6,8-10,12,14-16,21,24-25,27,29-31,33,35-36,38-39,41-43,46H2,1-2H3,(H,48,49). The molecule has 0 radical (unpaired) electrons. The molecule has 0 saturated carbocycles. The highest BCUT2D eigenvalue weighted by molar-refractivity contribution is 7.47. The van der Waals surface area contributed by atoms with Crippen LogP contribution >= 0.6 is 7.82 Å². The predicted octanol–water partition coefficient (Wildman–Crippen LogP) is 12.6. The molecule has 2 atom stereocenters. The first-order valence-electron chi connectivity index (χ1n) is 20.8. The molecule has 54 heavy (non-hydrogen) atoms. The molecule has 8 nitrogen and oxygen atoms in total. The molecule has 0 saturated heterocycles. The minimum atomic E-state index is -4.32. The summed E-state index contributed by atoms with van der Waals surface area (Å²) in [5.74, 6) is -0.441. The van der Waals surface area contributed by atoms with E-state index in [0.29, 0.717) is 6.42 Å². The van der Waals surface area contributed by atoms with Gasteiger partial charge in [0.1, 0.15) is 6.61 Å². The number of esters is 1. The van der Waals surface area contributed by atoms with Crippen molar-refractivity contribution in [3.8, 4) is 0 Å². The molecule has 0 rings (SSSR count). The van der Waals surface area contributed by atoms with Gasteiger partial charge in [-0.1, -0.05) is 144 Å². The third-order valence-electron chi connectivity index (χ3n) is 8.06. The second-order valence-corrected chi connectivity index (χ2v) is 14.6. The van der Waals surface area contributed by atoms with Crippen molar-refractivity contribution in [3.05, 3.63) is 97.4 Å². The van der Waals surface area contributed by atoms with Crippen LogP contribution in [0.3, 0.4) is 0 Å². The highest BCUT2D eigenvalue weighted by atomic mass is 31.2.